The van der Waals surface area contributed by atoms with E-state index >= 15 is 0 Å². The van der Waals surface area contributed by atoms with Crippen molar-refractivity contribution >= 4 is 0 Å². The summed E-state index contributed by atoms with van der Waals surface area (Å²) in [5, 5.41) is 0. The van der Waals surface area contributed by atoms with Gasteiger partial charge in [0.2, 0.25) is 0 Å². The zero-order valence-electron chi connectivity index (χ0n) is 6.46. The van der Waals surface area contributed by atoms with Gasteiger partial charge in [-0.15, -0.1) is 0 Å². The minimum Gasteiger partial charge on any atom is -0.446 e. The summed E-state index contributed by atoms with van der Waals surface area (Å²) >= 11 is 0. The van der Waals surface area contributed by atoms with Crippen LogP contribution in [0.3, 0.4) is 0 Å². The number of aromatic nitrogens is 2. The number of nitrogens with zero attached hydrogens (tertiary/aromatic N) is 2. The molecule has 0 atom stereocenters. The second kappa shape index (κ2) is 5.41. The van der Waals surface area contributed by atoms with Crippen LogP contribution in [0.1, 0.15) is 12.7 Å². The van der Waals surface area contributed by atoms with Crippen molar-refractivity contribution in [3.8, 4) is 0 Å². The Hall–Kier alpha value is 0.755. The Bertz CT molecular complexity index is 191. The van der Waals surface area contributed by atoms with Gasteiger partial charge >= 0.3 is 58.2 Å². The summed E-state index contributed by atoms with van der Waals surface area (Å²) in [6, 6.07) is 0. The van der Waals surface area contributed by atoms with Crippen molar-refractivity contribution in [1.82, 2.24) is 9.97 Å². The molecule has 0 aliphatic carbocycles. The van der Waals surface area contributed by atoms with Gasteiger partial charge in [0.25, 0.3) is 0 Å². The Labute approximate surface area is 110 Å². The van der Waals surface area contributed by atoms with Crippen LogP contribution in [0, 0.1) is 0 Å². The van der Waals surface area contributed by atoms with Gasteiger partial charge in [0.1, 0.15) is 0 Å². The summed E-state index contributed by atoms with van der Waals surface area (Å²) in [5.41, 5.74) is 1.10. The van der Waals surface area contributed by atoms with Crippen molar-refractivity contribution in [2.45, 2.75) is 13.3 Å². The first-order valence-corrected chi connectivity index (χ1v) is 2.86. The number of allylic oxidation sites excluding steroid dienone is 1. The Morgan fingerprint density at radius 2 is 2.50 bits per heavy atom. The molecule has 1 aromatic heterocycles. The average Bonchev–Trinajstić information content (AvgIpc) is 2.15. The van der Waals surface area contributed by atoms with E-state index in [1.54, 1.807) is 12.4 Å². The second-order valence-corrected chi connectivity index (χ2v) is 2.11. The van der Waals surface area contributed by atoms with Crippen molar-refractivity contribution in [1.29, 1.82) is 0 Å². The van der Waals surface area contributed by atoms with Gasteiger partial charge < -0.3 is 9.97 Å². The summed E-state index contributed by atoms with van der Waals surface area (Å²) in [6.07, 6.45) is 4.18. The monoisotopic (exact) mass is 206 g/mol. The van der Waals surface area contributed by atoms with Crippen LogP contribution in [-0.2, 0) is 6.42 Å². The quantitative estimate of drug-likeness (QED) is 0.532. The fraction of sp³-hybridized carbons (Fsp3) is 0.286. The molecular weight excluding hydrogens is 198 g/mol. The van der Waals surface area contributed by atoms with Crippen molar-refractivity contribution in [2.75, 3.05) is 0 Å². The van der Waals surface area contributed by atoms with Crippen molar-refractivity contribution in [3.05, 3.63) is 30.4 Å². The second-order valence-electron chi connectivity index (χ2n) is 2.11. The molecule has 1 aromatic rings. The molecule has 0 unspecified atom stereocenters. The van der Waals surface area contributed by atoms with Crippen LogP contribution in [0.5, 0.6) is 0 Å². The van der Waals surface area contributed by atoms with Crippen molar-refractivity contribution in [3.63, 3.8) is 0 Å². The molecule has 3 heteroatoms. The smallest absolute Gasteiger partial charge is 0.446 e. The maximum absolute atomic E-state index is 3.98. The summed E-state index contributed by atoms with van der Waals surface area (Å²) in [4.78, 5) is 7.97. The molecule has 0 saturated carbocycles. The molecule has 2 nitrogen and oxygen atoms in total. The third kappa shape index (κ3) is 3.81. The molecule has 0 spiro atoms. The van der Waals surface area contributed by atoms with Crippen molar-refractivity contribution in [2.24, 2.45) is 0 Å². The molecule has 1 rings (SSSR count). The first-order valence-electron chi connectivity index (χ1n) is 2.86. The molecule has 48 valence electrons. The van der Waals surface area contributed by atoms with Gasteiger partial charge in [-0.3, -0.25) is 0 Å². The zero-order valence-corrected chi connectivity index (χ0v) is 11.4. The van der Waals surface area contributed by atoms with Gasteiger partial charge in [-0.1, -0.05) is 30.4 Å². The van der Waals surface area contributed by atoms with E-state index in [1.807, 2.05) is 6.92 Å². The predicted molar refractivity (Wildman–Crippen MR) is 36.1 cm³/mol. The van der Waals surface area contributed by atoms with Crippen LogP contribution in [0.2, 0.25) is 0 Å². The molecule has 0 aliphatic heterocycles. The van der Waals surface area contributed by atoms with Gasteiger partial charge in [-0.2, -0.15) is 0 Å². The fourth-order valence-electron chi connectivity index (χ4n) is 0.633. The largest absolute Gasteiger partial charge is 1.00 e. The summed E-state index contributed by atoms with van der Waals surface area (Å²) in [7, 11) is 0. The number of rotatable bonds is 2. The van der Waals surface area contributed by atoms with Crippen LogP contribution in [0.25, 0.3) is 0 Å². The minimum absolute atomic E-state index is 0. The molecule has 0 aromatic carbocycles. The number of imidazole rings is 1. The SMILES string of the molecule is C=C(C)Cc1ncc[n-]1.[Rb+]. The maximum atomic E-state index is 3.98. The van der Waals surface area contributed by atoms with E-state index in [9.17, 15) is 0 Å². The molecular formula is C7H9N2Rb. The fourth-order valence-corrected chi connectivity index (χ4v) is 0.633. The minimum atomic E-state index is 0. The maximum Gasteiger partial charge on any atom is 1.00 e. The van der Waals surface area contributed by atoms with Crippen LogP contribution < -0.4 is 63.2 Å². The standard InChI is InChI=1S/C7H9N2.Rb/c1-6(2)5-7-8-3-4-9-7;/h3-4H,1,5H2,2H3;/q-1;+1. The van der Waals surface area contributed by atoms with Crippen LogP contribution in [-0.4, -0.2) is 4.98 Å². The van der Waals surface area contributed by atoms with E-state index in [-0.39, 0.29) is 58.2 Å². The van der Waals surface area contributed by atoms with Crippen LogP contribution in [0.4, 0.5) is 0 Å². The first-order chi connectivity index (χ1) is 4.29. The molecule has 0 radical (unpaired) electrons. The average molecular weight is 207 g/mol. The van der Waals surface area contributed by atoms with Crippen LogP contribution >= 0.6 is 0 Å². The van der Waals surface area contributed by atoms with Gasteiger partial charge in [-0.25, -0.2) is 0 Å². The van der Waals surface area contributed by atoms with E-state index in [2.05, 4.69) is 16.5 Å². The third-order valence-corrected chi connectivity index (χ3v) is 0.974. The normalized spacial score (nSPS) is 8.50. The van der Waals surface area contributed by atoms with E-state index in [0.29, 0.717) is 0 Å². The summed E-state index contributed by atoms with van der Waals surface area (Å²) in [5.74, 6) is 0.863. The summed E-state index contributed by atoms with van der Waals surface area (Å²) in [6.45, 7) is 5.72. The molecule has 10 heavy (non-hydrogen) atoms. The Morgan fingerprint density at radius 1 is 1.80 bits per heavy atom. The van der Waals surface area contributed by atoms with Gasteiger partial charge in [0.15, 0.2) is 0 Å². The molecule has 0 amide bonds. The van der Waals surface area contributed by atoms with Crippen LogP contribution in [0.15, 0.2) is 24.5 Å². The molecule has 0 N–H and O–H groups in total. The molecule has 0 fully saturated rings. The van der Waals surface area contributed by atoms with E-state index < -0.39 is 0 Å². The Kier molecular flexibility index (Phi) is 5.82. The predicted octanol–water partition coefficient (Wildman–Crippen LogP) is -1.84. The Morgan fingerprint density at radius 3 is 2.90 bits per heavy atom. The summed E-state index contributed by atoms with van der Waals surface area (Å²) < 4.78 is 0. The molecule has 0 saturated heterocycles. The van der Waals surface area contributed by atoms with Gasteiger partial charge in [0, 0.05) is 0 Å². The zero-order chi connectivity index (χ0) is 6.69. The molecule has 0 aliphatic rings. The Balaban J connectivity index is 0.000000810. The first kappa shape index (κ1) is 10.8. The topological polar surface area (TPSA) is 27.0 Å². The van der Waals surface area contributed by atoms with Gasteiger partial charge in [-0.05, 0) is 13.3 Å². The number of hydrogen-bond acceptors (Lipinski definition) is 1. The van der Waals surface area contributed by atoms with E-state index in [4.69, 9.17) is 0 Å². The molecule has 1 heterocycles. The van der Waals surface area contributed by atoms with E-state index in [0.717, 1.165) is 17.8 Å². The van der Waals surface area contributed by atoms with E-state index in [1.165, 1.54) is 0 Å². The van der Waals surface area contributed by atoms with Gasteiger partial charge in [0.05, 0.1) is 0 Å². The molecule has 0 bridgehead atoms. The third-order valence-electron chi connectivity index (χ3n) is 0.974. The number of hydrogen-bond donors (Lipinski definition) is 0. The van der Waals surface area contributed by atoms with Crippen molar-refractivity contribution < 1.29 is 58.2 Å².